The minimum absolute atomic E-state index is 0. The van der Waals surface area contributed by atoms with E-state index in [-0.39, 0.29) is 36.6 Å². The van der Waals surface area contributed by atoms with Crippen LogP contribution in [0.5, 0.6) is 0 Å². The molecule has 0 saturated heterocycles. The molecule has 8 aromatic rings. The SMILES string of the molecule is CC(C)c1cccc(C(C)C)c1-n1c(-c2[c-]ccc3c2oc2ccccc23)nc2nc(C(C)(C)C)ccc21.[2H]C([2H])([2H])c1c[c-]c(-c2ccc(C([2H])([2H])[2H])cn2)cc1.[Ir]. The maximum Gasteiger partial charge on any atom is 0.168 e. The van der Waals surface area contributed by atoms with Gasteiger partial charge >= 0.3 is 0 Å². The molecule has 5 nitrogen and oxygen atoms in total. The minimum atomic E-state index is -2.18. The molecular weight excluding hydrogens is 829 g/mol. The van der Waals surface area contributed by atoms with Gasteiger partial charge in [-0.25, -0.2) is 4.98 Å². The zero-order chi connectivity index (χ0) is 41.7. The Kier molecular flexibility index (Phi) is 8.77. The van der Waals surface area contributed by atoms with Crippen molar-refractivity contribution in [3.63, 3.8) is 0 Å². The van der Waals surface area contributed by atoms with E-state index in [2.05, 4.69) is 119 Å². The predicted octanol–water partition coefficient (Wildman–Crippen LogP) is 12.5. The molecule has 0 aliphatic rings. The summed E-state index contributed by atoms with van der Waals surface area (Å²) in [7, 11) is 0. The zero-order valence-electron chi connectivity index (χ0n) is 37.0. The number of pyridine rings is 2. The first-order chi connectivity index (χ1) is 27.3. The normalized spacial score (nSPS) is 13.8. The van der Waals surface area contributed by atoms with Crippen LogP contribution in [0.1, 0.15) is 96.5 Å². The van der Waals surface area contributed by atoms with Crippen LogP contribution in [0, 0.1) is 25.8 Å². The molecule has 8 rings (SSSR count). The average molecular weight is 881 g/mol. The molecule has 0 fully saturated rings. The first kappa shape index (κ1) is 30.5. The van der Waals surface area contributed by atoms with Crippen LogP contribution in [0.3, 0.4) is 0 Å². The standard InChI is InChI=1S/C34H34N3O.C13H12N.Ir/c1-20(2)22-13-10-14-23(21(3)4)30(22)37-27-18-19-29(34(5,6)7)35-32(27)36-33(37)26-16-11-15-25-24-12-8-9-17-28(24)38-31(25)26;1-10-3-6-12(7-4-10)13-8-5-11(2)9-14-13;/h8-15,17-21H,1-7H3;3-6,8-9H,1-2H3;/q2*-1;/i;1D3,2D3;. The number of nitrogens with zero attached hydrogens (tertiary/aromatic N) is 4. The molecule has 271 valence electrons. The van der Waals surface area contributed by atoms with Gasteiger partial charge in [-0.2, -0.15) is 0 Å². The number of hydrogen-bond donors (Lipinski definition) is 0. The second-order valence-corrected chi connectivity index (χ2v) is 14.8. The number of para-hydroxylation sites is 2. The fraction of sp³-hybridized carbons (Fsp3) is 0.255. The van der Waals surface area contributed by atoms with Gasteiger partial charge in [0.2, 0.25) is 0 Å². The predicted molar refractivity (Wildman–Crippen MR) is 215 cm³/mol. The van der Waals surface area contributed by atoms with Crippen molar-refractivity contribution < 1.29 is 32.7 Å². The minimum Gasteiger partial charge on any atom is -0.501 e. The molecule has 1 radical (unpaired) electrons. The molecule has 4 aromatic heterocycles. The summed E-state index contributed by atoms with van der Waals surface area (Å²) in [4.78, 5) is 14.4. The van der Waals surface area contributed by atoms with Crippen molar-refractivity contribution >= 4 is 33.1 Å². The van der Waals surface area contributed by atoms with Gasteiger partial charge in [-0.1, -0.05) is 115 Å². The molecule has 0 spiro atoms. The van der Waals surface area contributed by atoms with E-state index >= 15 is 0 Å². The number of furan rings is 1. The third-order valence-corrected chi connectivity index (χ3v) is 9.27. The third kappa shape index (κ3) is 7.49. The van der Waals surface area contributed by atoms with E-state index in [0.29, 0.717) is 23.1 Å². The molecule has 0 aliphatic carbocycles. The topological polar surface area (TPSA) is 56.7 Å². The quantitative estimate of drug-likeness (QED) is 0.162. The summed E-state index contributed by atoms with van der Waals surface area (Å²) < 4.78 is 52.4. The van der Waals surface area contributed by atoms with E-state index in [1.54, 1.807) is 12.1 Å². The summed E-state index contributed by atoms with van der Waals surface area (Å²) in [5.74, 6) is 1.47. The Morgan fingerprint density at radius 3 is 2.13 bits per heavy atom. The van der Waals surface area contributed by atoms with Gasteiger partial charge < -0.3 is 14.0 Å². The van der Waals surface area contributed by atoms with Crippen LogP contribution >= 0.6 is 0 Å². The summed E-state index contributed by atoms with van der Waals surface area (Å²) >= 11 is 0. The van der Waals surface area contributed by atoms with Gasteiger partial charge in [0.05, 0.1) is 16.9 Å². The maximum atomic E-state index is 7.28. The number of aromatic nitrogens is 4. The van der Waals surface area contributed by atoms with E-state index in [1.807, 2.05) is 18.2 Å². The molecule has 53 heavy (non-hydrogen) atoms. The van der Waals surface area contributed by atoms with Crippen molar-refractivity contribution in [1.82, 2.24) is 19.5 Å². The molecular formula is C47H46IrN4O-2. The van der Waals surface area contributed by atoms with Gasteiger partial charge in [-0.05, 0) is 59.3 Å². The summed E-state index contributed by atoms with van der Waals surface area (Å²) in [5.41, 5.74) is 10.5. The Morgan fingerprint density at radius 1 is 0.755 bits per heavy atom. The van der Waals surface area contributed by atoms with Crippen molar-refractivity contribution in [3.8, 4) is 28.3 Å². The Labute approximate surface area is 335 Å². The summed E-state index contributed by atoms with van der Waals surface area (Å²) in [6.45, 7) is 11.2. The number of fused-ring (bicyclic) bond motifs is 4. The Morgan fingerprint density at radius 2 is 1.49 bits per heavy atom. The van der Waals surface area contributed by atoms with Crippen LogP contribution in [0.4, 0.5) is 0 Å². The second kappa shape index (κ2) is 15.2. The van der Waals surface area contributed by atoms with Crippen molar-refractivity contribution in [3.05, 3.63) is 143 Å². The fourth-order valence-electron chi connectivity index (χ4n) is 6.54. The number of rotatable bonds is 5. The smallest absolute Gasteiger partial charge is 0.168 e. The van der Waals surface area contributed by atoms with Gasteiger partial charge in [0.1, 0.15) is 5.58 Å². The Hall–Kier alpha value is -4.90. The fourth-order valence-corrected chi connectivity index (χ4v) is 6.54. The van der Waals surface area contributed by atoms with E-state index in [0.717, 1.165) is 50.2 Å². The number of imidazole rings is 1. The number of benzene rings is 4. The van der Waals surface area contributed by atoms with Crippen LogP contribution in [0.2, 0.25) is 0 Å². The van der Waals surface area contributed by atoms with Gasteiger partial charge in [0.25, 0.3) is 0 Å². The molecule has 0 unspecified atom stereocenters. The van der Waals surface area contributed by atoms with Gasteiger partial charge in [-0.15, -0.1) is 53.6 Å². The maximum absolute atomic E-state index is 7.28. The van der Waals surface area contributed by atoms with Gasteiger partial charge in [0, 0.05) is 56.7 Å². The summed E-state index contributed by atoms with van der Waals surface area (Å²) in [6, 6.07) is 37.2. The molecule has 0 aliphatic heterocycles. The largest absolute Gasteiger partial charge is 0.501 e. The number of hydrogen-bond acceptors (Lipinski definition) is 4. The average Bonchev–Trinajstić information content (AvgIpc) is 3.75. The van der Waals surface area contributed by atoms with Crippen LogP contribution < -0.4 is 0 Å². The van der Waals surface area contributed by atoms with Crippen LogP contribution in [-0.2, 0) is 25.5 Å². The van der Waals surface area contributed by atoms with Gasteiger partial charge in [-0.3, -0.25) is 4.98 Å². The zero-order valence-corrected chi connectivity index (χ0v) is 33.4. The van der Waals surface area contributed by atoms with Crippen molar-refractivity contribution in [2.75, 3.05) is 0 Å². The number of aryl methyl sites for hydroxylation is 2. The molecule has 0 atom stereocenters. The van der Waals surface area contributed by atoms with Crippen molar-refractivity contribution in [2.24, 2.45) is 0 Å². The van der Waals surface area contributed by atoms with Crippen molar-refractivity contribution in [1.29, 1.82) is 0 Å². The van der Waals surface area contributed by atoms with Gasteiger partial charge in [0.15, 0.2) is 5.65 Å². The molecule has 0 N–H and O–H groups in total. The van der Waals surface area contributed by atoms with Crippen LogP contribution in [0.25, 0.3) is 61.4 Å². The molecule has 4 heterocycles. The first-order valence-corrected chi connectivity index (χ1v) is 17.7. The molecule has 6 heteroatoms. The van der Waals surface area contributed by atoms with E-state index < -0.39 is 13.7 Å². The van der Waals surface area contributed by atoms with E-state index in [1.165, 1.54) is 41.2 Å². The van der Waals surface area contributed by atoms with E-state index in [4.69, 9.17) is 22.6 Å². The molecule has 0 saturated carbocycles. The van der Waals surface area contributed by atoms with Crippen LogP contribution in [-0.4, -0.2) is 19.5 Å². The molecule has 0 bridgehead atoms. The second-order valence-electron chi connectivity index (χ2n) is 14.8. The summed E-state index contributed by atoms with van der Waals surface area (Å²) in [6.07, 6.45) is 1.30. The van der Waals surface area contributed by atoms with Crippen molar-refractivity contribution in [2.45, 2.75) is 79.4 Å². The van der Waals surface area contributed by atoms with E-state index in [9.17, 15) is 0 Å². The molecule has 0 amide bonds. The van der Waals surface area contributed by atoms with Crippen LogP contribution in [0.15, 0.2) is 108 Å². The monoisotopic (exact) mass is 881 g/mol. The summed E-state index contributed by atoms with van der Waals surface area (Å²) in [5, 5.41) is 2.16. The first-order valence-electron chi connectivity index (χ1n) is 20.7. The third-order valence-electron chi connectivity index (χ3n) is 9.27. The Bertz CT molecular complexity index is 2660. The molecule has 4 aromatic carbocycles. The Balaban J connectivity index is 0.000000236.